The van der Waals surface area contributed by atoms with E-state index in [0.29, 0.717) is 12.6 Å². The Bertz CT molecular complexity index is 279. The predicted octanol–water partition coefficient (Wildman–Crippen LogP) is 1.03. The van der Waals surface area contributed by atoms with Crippen molar-refractivity contribution in [2.75, 3.05) is 20.1 Å². The van der Waals surface area contributed by atoms with E-state index < -0.39 is 0 Å². The smallest absolute Gasteiger partial charge is 0.253 e. The van der Waals surface area contributed by atoms with Crippen molar-refractivity contribution >= 4 is 11.8 Å². The lowest BCUT2D eigenvalue weighted by Gasteiger charge is -2.21. The lowest BCUT2D eigenvalue weighted by Crippen LogP contribution is -2.32. The second-order valence-corrected chi connectivity index (χ2v) is 4.44. The minimum atomic E-state index is -0.179. The Hall–Kier alpha value is -1.16. The van der Waals surface area contributed by atoms with E-state index >= 15 is 0 Å². The number of carbonyl (C=O) groups is 2. The molecule has 0 aliphatic carbocycles. The van der Waals surface area contributed by atoms with Gasteiger partial charge in [0.25, 0.3) is 11.8 Å². The zero-order valence-corrected chi connectivity index (χ0v) is 10.3. The molecule has 1 heterocycles. The second-order valence-electron chi connectivity index (χ2n) is 4.44. The number of nitrogens with zero attached hydrogens (tertiary/aromatic N) is 2. The molecule has 0 bridgehead atoms. The summed E-state index contributed by atoms with van der Waals surface area (Å²) in [4.78, 5) is 26.0. The number of imide groups is 1. The van der Waals surface area contributed by atoms with Crippen LogP contribution in [0.4, 0.5) is 0 Å². The van der Waals surface area contributed by atoms with E-state index in [1.54, 1.807) is 0 Å². The van der Waals surface area contributed by atoms with Gasteiger partial charge < -0.3 is 4.90 Å². The molecule has 1 aliphatic heterocycles. The van der Waals surface area contributed by atoms with Crippen LogP contribution in [0.1, 0.15) is 26.7 Å². The second kappa shape index (κ2) is 5.80. The van der Waals surface area contributed by atoms with Crippen molar-refractivity contribution in [3.05, 3.63) is 12.2 Å². The Morgan fingerprint density at radius 3 is 2.25 bits per heavy atom. The predicted molar refractivity (Wildman–Crippen MR) is 62.9 cm³/mol. The number of rotatable bonds is 6. The van der Waals surface area contributed by atoms with Gasteiger partial charge in [0, 0.05) is 24.7 Å². The van der Waals surface area contributed by atoms with Gasteiger partial charge in [-0.3, -0.25) is 14.5 Å². The lowest BCUT2D eigenvalue weighted by molar-refractivity contribution is -0.136. The van der Waals surface area contributed by atoms with Crippen LogP contribution < -0.4 is 0 Å². The summed E-state index contributed by atoms with van der Waals surface area (Å²) in [5.41, 5.74) is 0. The molecular formula is C12H20N2O2. The van der Waals surface area contributed by atoms with E-state index in [-0.39, 0.29) is 11.8 Å². The lowest BCUT2D eigenvalue weighted by atomic mass is 10.2. The highest BCUT2D eigenvalue weighted by molar-refractivity contribution is 6.12. The summed E-state index contributed by atoms with van der Waals surface area (Å²) >= 11 is 0. The molecule has 90 valence electrons. The number of amides is 2. The maximum Gasteiger partial charge on any atom is 0.253 e. The fraction of sp³-hybridized carbons (Fsp3) is 0.667. The first-order valence-electron chi connectivity index (χ1n) is 5.76. The first-order valence-corrected chi connectivity index (χ1v) is 5.76. The van der Waals surface area contributed by atoms with Gasteiger partial charge in [0.2, 0.25) is 0 Å². The van der Waals surface area contributed by atoms with Crippen LogP contribution in [0.15, 0.2) is 12.2 Å². The molecule has 0 radical (unpaired) electrons. The molecule has 0 aromatic carbocycles. The van der Waals surface area contributed by atoms with Gasteiger partial charge in [-0.1, -0.05) is 0 Å². The monoisotopic (exact) mass is 224 g/mol. The summed E-state index contributed by atoms with van der Waals surface area (Å²) in [5.74, 6) is -0.357. The minimum absolute atomic E-state index is 0.179. The third-order valence-electron chi connectivity index (χ3n) is 2.92. The van der Waals surface area contributed by atoms with Gasteiger partial charge in [0.15, 0.2) is 0 Å². The molecule has 16 heavy (non-hydrogen) atoms. The summed E-state index contributed by atoms with van der Waals surface area (Å²) in [6.45, 7) is 5.84. The molecule has 4 nitrogen and oxygen atoms in total. The maximum atomic E-state index is 11.2. The van der Waals surface area contributed by atoms with Crippen LogP contribution in [-0.2, 0) is 9.59 Å². The van der Waals surface area contributed by atoms with Crippen LogP contribution in [-0.4, -0.2) is 47.8 Å². The molecule has 0 aromatic heterocycles. The van der Waals surface area contributed by atoms with E-state index in [4.69, 9.17) is 0 Å². The van der Waals surface area contributed by atoms with Crippen molar-refractivity contribution in [3.8, 4) is 0 Å². The zero-order valence-electron chi connectivity index (χ0n) is 10.3. The van der Waals surface area contributed by atoms with Gasteiger partial charge >= 0.3 is 0 Å². The largest absolute Gasteiger partial charge is 0.304 e. The quantitative estimate of drug-likeness (QED) is 0.500. The van der Waals surface area contributed by atoms with E-state index in [1.165, 1.54) is 17.1 Å². The molecule has 0 N–H and O–H groups in total. The molecule has 0 fully saturated rings. The fourth-order valence-corrected chi connectivity index (χ4v) is 1.54. The van der Waals surface area contributed by atoms with Crippen LogP contribution in [0.5, 0.6) is 0 Å². The van der Waals surface area contributed by atoms with Crippen molar-refractivity contribution in [3.63, 3.8) is 0 Å². The van der Waals surface area contributed by atoms with Crippen molar-refractivity contribution < 1.29 is 9.59 Å². The van der Waals surface area contributed by atoms with E-state index in [0.717, 1.165) is 19.4 Å². The SMILES string of the molecule is CC(C)N(C)CCCCN1C(=O)C=CC1=O. The number of hydrogen-bond donors (Lipinski definition) is 0. The number of unbranched alkanes of at least 4 members (excludes halogenated alkanes) is 1. The number of carbonyl (C=O) groups excluding carboxylic acids is 2. The normalized spacial score (nSPS) is 15.9. The van der Waals surface area contributed by atoms with E-state index in [1.807, 2.05) is 0 Å². The Labute approximate surface area is 96.9 Å². The topological polar surface area (TPSA) is 40.6 Å². The molecule has 0 unspecified atom stereocenters. The zero-order chi connectivity index (χ0) is 12.1. The first-order chi connectivity index (χ1) is 7.52. The van der Waals surface area contributed by atoms with E-state index in [9.17, 15) is 9.59 Å². The van der Waals surface area contributed by atoms with Crippen LogP contribution in [0, 0.1) is 0 Å². The van der Waals surface area contributed by atoms with Crippen molar-refractivity contribution in [2.45, 2.75) is 32.7 Å². The Balaban J connectivity index is 2.17. The Morgan fingerprint density at radius 1 is 1.19 bits per heavy atom. The first kappa shape index (κ1) is 12.9. The maximum absolute atomic E-state index is 11.2. The van der Waals surface area contributed by atoms with Gasteiger partial charge in [-0.25, -0.2) is 0 Å². The average molecular weight is 224 g/mol. The Morgan fingerprint density at radius 2 is 1.75 bits per heavy atom. The highest BCUT2D eigenvalue weighted by atomic mass is 16.2. The molecule has 1 aliphatic rings. The molecule has 0 aromatic rings. The van der Waals surface area contributed by atoms with Crippen molar-refractivity contribution in [1.82, 2.24) is 9.80 Å². The number of hydrogen-bond acceptors (Lipinski definition) is 3. The molecule has 0 spiro atoms. The summed E-state index contributed by atoms with van der Waals surface area (Å²) in [6.07, 6.45) is 4.55. The van der Waals surface area contributed by atoms with Crippen LogP contribution in [0.25, 0.3) is 0 Å². The van der Waals surface area contributed by atoms with Crippen LogP contribution in [0.2, 0.25) is 0 Å². The molecule has 0 saturated heterocycles. The third-order valence-corrected chi connectivity index (χ3v) is 2.92. The molecule has 0 atom stereocenters. The minimum Gasteiger partial charge on any atom is -0.304 e. The van der Waals surface area contributed by atoms with Crippen LogP contribution in [0.3, 0.4) is 0 Å². The third kappa shape index (κ3) is 3.45. The highest BCUT2D eigenvalue weighted by Gasteiger charge is 2.22. The fourth-order valence-electron chi connectivity index (χ4n) is 1.54. The highest BCUT2D eigenvalue weighted by Crippen LogP contribution is 2.06. The molecule has 0 saturated carbocycles. The van der Waals surface area contributed by atoms with Crippen molar-refractivity contribution in [1.29, 1.82) is 0 Å². The molecule has 4 heteroatoms. The standard InChI is InChI=1S/C12H20N2O2/c1-10(2)13(3)8-4-5-9-14-11(15)6-7-12(14)16/h6-7,10H,4-5,8-9H2,1-3H3. The molecule has 1 rings (SSSR count). The summed E-state index contributed by atoms with van der Waals surface area (Å²) in [6, 6.07) is 0.539. The van der Waals surface area contributed by atoms with Gasteiger partial charge in [-0.15, -0.1) is 0 Å². The molecule has 2 amide bonds. The average Bonchev–Trinajstić information content (AvgIpc) is 2.54. The van der Waals surface area contributed by atoms with E-state index in [2.05, 4.69) is 25.8 Å². The van der Waals surface area contributed by atoms with Gasteiger partial charge in [-0.05, 0) is 40.3 Å². The summed E-state index contributed by atoms with van der Waals surface area (Å²) in [5, 5.41) is 0. The molecular weight excluding hydrogens is 204 g/mol. The van der Waals surface area contributed by atoms with Gasteiger partial charge in [0.1, 0.15) is 0 Å². The van der Waals surface area contributed by atoms with Crippen molar-refractivity contribution in [2.24, 2.45) is 0 Å². The van der Waals surface area contributed by atoms with Gasteiger partial charge in [0.05, 0.1) is 0 Å². The van der Waals surface area contributed by atoms with Crippen LogP contribution >= 0.6 is 0 Å². The summed E-state index contributed by atoms with van der Waals surface area (Å²) < 4.78 is 0. The summed E-state index contributed by atoms with van der Waals surface area (Å²) in [7, 11) is 2.08. The Kier molecular flexibility index (Phi) is 4.68. The van der Waals surface area contributed by atoms with Gasteiger partial charge in [-0.2, -0.15) is 0 Å².